The van der Waals surface area contributed by atoms with Gasteiger partial charge in [0.15, 0.2) is 10.8 Å². The molecule has 2 aromatic heterocycles. The van der Waals surface area contributed by atoms with Crippen molar-refractivity contribution in [1.29, 1.82) is 0 Å². The Morgan fingerprint density at radius 1 is 0.583 bits per heavy atom. The van der Waals surface area contributed by atoms with E-state index in [0.717, 1.165) is 25.2 Å². The molecule has 0 aliphatic rings. The first-order valence-electron chi connectivity index (χ1n) is 19.6. The second-order valence-electron chi connectivity index (χ2n) is 12.0. The van der Waals surface area contributed by atoms with E-state index in [0.29, 0.717) is 23.5 Å². The molecule has 1 N–H and O–H groups in total. The van der Waals surface area contributed by atoms with Gasteiger partial charge in [-0.25, -0.2) is 9.97 Å². The summed E-state index contributed by atoms with van der Waals surface area (Å²) in [6.45, 7) is 16.0. The van der Waals surface area contributed by atoms with Crippen LogP contribution in [0.2, 0.25) is 0 Å². The predicted molar refractivity (Wildman–Crippen MR) is 231 cm³/mol. The van der Waals surface area contributed by atoms with Gasteiger partial charge in [-0.1, -0.05) is 13.3 Å². The van der Waals surface area contributed by atoms with Crippen LogP contribution in [0.4, 0.5) is 17.2 Å². The number of unbranched alkanes of at least 4 members (excludes halogenated alkanes) is 1. The van der Waals surface area contributed by atoms with Crippen molar-refractivity contribution in [3.8, 4) is 0 Å². The van der Waals surface area contributed by atoms with Crippen molar-refractivity contribution in [2.45, 2.75) is 98.8 Å². The lowest BCUT2D eigenvalue weighted by atomic mass is 10.2. The van der Waals surface area contributed by atoms with Gasteiger partial charge in [0, 0.05) is 37.1 Å². The first kappa shape index (κ1) is 56.0. The first-order chi connectivity index (χ1) is 28.4. The Balaban J connectivity index is 0.000000605. The summed E-state index contributed by atoms with van der Waals surface area (Å²) in [5.74, 6) is 0.369. The molecule has 0 saturated heterocycles. The molecule has 0 amide bonds. The molecule has 26 heteroatoms. The van der Waals surface area contributed by atoms with Gasteiger partial charge in [0.05, 0.1) is 62.7 Å². The van der Waals surface area contributed by atoms with Crippen molar-refractivity contribution < 1.29 is 64.3 Å². The van der Waals surface area contributed by atoms with Crippen LogP contribution >= 0.6 is 46.3 Å². The van der Waals surface area contributed by atoms with Crippen LogP contribution in [0.25, 0.3) is 0 Å². The van der Waals surface area contributed by atoms with Gasteiger partial charge in [-0.05, 0) is 83.3 Å². The molecule has 2 heterocycles. The third kappa shape index (κ3) is 16.6. The molecule has 0 aliphatic carbocycles. The lowest BCUT2D eigenvalue weighted by molar-refractivity contribution is -0.385. The van der Waals surface area contributed by atoms with E-state index in [9.17, 15) is 38.5 Å². The number of aromatic nitrogens is 2. The van der Waals surface area contributed by atoms with E-state index in [1.165, 1.54) is 12.1 Å². The Hall–Kier alpha value is -2.02. The summed E-state index contributed by atoms with van der Waals surface area (Å²) in [4.78, 5) is 29.4. The highest BCUT2D eigenvalue weighted by Gasteiger charge is 2.52. The number of nitro groups is 2. The van der Waals surface area contributed by atoms with E-state index in [4.69, 9.17) is 36.2 Å². The maximum atomic E-state index is 13.8. The van der Waals surface area contributed by atoms with Crippen LogP contribution in [-0.2, 0) is 67.3 Å². The molecule has 60 heavy (non-hydrogen) atoms. The maximum Gasteiger partial charge on any atom is 0.346 e. The van der Waals surface area contributed by atoms with Gasteiger partial charge in [-0.2, -0.15) is 0 Å². The molecular formula is C34H60BrN5O16P4. The van der Waals surface area contributed by atoms with Gasteiger partial charge in [-0.15, -0.1) is 0 Å². The molecule has 0 radical (unpaired) electrons. The second kappa shape index (κ2) is 27.9. The van der Waals surface area contributed by atoms with Crippen LogP contribution in [0.1, 0.15) is 86.3 Å². The van der Waals surface area contributed by atoms with E-state index >= 15 is 0 Å². The number of halogens is 1. The van der Waals surface area contributed by atoms with Crippen LogP contribution in [0.3, 0.4) is 0 Å². The molecule has 0 atom stereocenters. The van der Waals surface area contributed by atoms with E-state index in [1.54, 1.807) is 55.4 Å². The Morgan fingerprint density at radius 2 is 0.900 bits per heavy atom. The highest BCUT2D eigenvalue weighted by Crippen LogP contribution is 2.72. The van der Waals surface area contributed by atoms with Crippen molar-refractivity contribution in [1.82, 2.24) is 9.97 Å². The van der Waals surface area contributed by atoms with Crippen LogP contribution in [0.15, 0.2) is 29.1 Å². The zero-order valence-electron chi connectivity index (χ0n) is 35.6. The Morgan fingerprint density at radius 3 is 1.22 bits per heavy atom. The maximum absolute atomic E-state index is 13.8. The minimum absolute atomic E-state index is 0.0420. The normalized spacial score (nSPS) is 12.4. The molecule has 0 aliphatic heterocycles. The van der Waals surface area contributed by atoms with Crippen LogP contribution in [-0.4, -0.2) is 90.0 Å². The molecular weight excluding hydrogens is 938 g/mol. The van der Waals surface area contributed by atoms with Gasteiger partial charge in [-0.3, -0.25) is 38.5 Å². The molecule has 0 unspecified atom stereocenters. The molecule has 0 bridgehead atoms. The lowest BCUT2D eigenvalue weighted by Gasteiger charge is -2.31. The highest BCUT2D eigenvalue weighted by atomic mass is 79.9. The number of nitrogens with one attached hydrogen (secondary N) is 1. The van der Waals surface area contributed by atoms with Crippen LogP contribution in [0, 0.1) is 20.2 Å². The minimum atomic E-state index is -4.00. The Labute approximate surface area is 360 Å². The van der Waals surface area contributed by atoms with Crippen LogP contribution < -0.4 is 5.32 Å². The summed E-state index contributed by atoms with van der Waals surface area (Å²) >= 11 is 3.22. The van der Waals surface area contributed by atoms with Crippen molar-refractivity contribution in [3.05, 3.63) is 60.5 Å². The van der Waals surface area contributed by atoms with Gasteiger partial charge >= 0.3 is 30.4 Å². The van der Waals surface area contributed by atoms with E-state index in [-0.39, 0.29) is 81.7 Å². The smallest absolute Gasteiger partial charge is 0.346 e. The zero-order chi connectivity index (χ0) is 45.6. The average Bonchev–Trinajstić information content (AvgIpc) is 3.17. The molecule has 0 aromatic carbocycles. The molecule has 0 saturated carbocycles. The van der Waals surface area contributed by atoms with Gasteiger partial charge < -0.3 is 41.5 Å². The number of pyridine rings is 2. The number of anilines is 1. The number of hydrogen-bond acceptors (Lipinski definition) is 19. The fraction of sp³-hybridized carbons (Fsp3) is 0.706. The van der Waals surface area contributed by atoms with Crippen molar-refractivity contribution >= 4 is 63.5 Å². The topological polar surface area (TPSA) is 266 Å². The zero-order valence-corrected chi connectivity index (χ0v) is 40.8. The Bertz CT molecular complexity index is 1750. The Kier molecular flexibility index (Phi) is 26.1. The molecule has 344 valence electrons. The van der Waals surface area contributed by atoms with E-state index < -0.39 is 51.0 Å². The molecule has 0 spiro atoms. The van der Waals surface area contributed by atoms with Gasteiger partial charge in [0.1, 0.15) is 22.8 Å². The monoisotopic (exact) mass is 997 g/mol. The quantitative estimate of drug-likeness (QED) is 0.0250. The summed E-state index contributed by atoms with van der Waals surface area (Å²) in [7, 11) is -15.9. The molecule has 0 fully saturated rings. The van der Waals surface area contributed by atoms with Gasteiger partial charge in [0.25, 0.3) is 11.4 Å². The molecule has 2 rings (SSSR count). The predicted octanol–water partition coefficient (Wildman–Crippen LogP) is 10.8. The summed E-state index contributed by atoms with van der Waals surface area (Å²) in [6.07, 6.45) is 3.64. The SMILES string of the molecule is CCCCNc1ncc([N+](=O)[O-])cc1CC(P(=O)(OCC)OCC)P(=O)(OCC)OCC.CCOP(=O)(OCC)C(Cc1cc([N+](=O)[O-])cnc1Br)P(=O)(OCC)OCC. The number of nitrogens with zero attached hydrogens (tertiary/aromatic N) is 4. The largest absolute Gasteiger partial charge is 0.370 e. The van der Waals surface area contributed by atoms with Crippen LogP contribution in [0.5, 0.6) is 0 Å². The minimum Gasteiger partial charge on any atom is -0.370 e. The van der Waals surface area contributed by atoms with Crippen molar-refractivity contribution in [3.63, 3.8) is 0 Å². The second-order valence-corrected chi connectivity index (χ2v) is 22.5. The standard InChI is InChI=1S/C19H35N3O8P2.C15H25BrN2O8P2/c1-6-11-12-20-19-16(13-17(15-21-19)22(23)24)14-18(31(25,27-7-2)28-8-3)32(26,29-9-4)30-10-5;1-5-23-27(21,24-6-2)14(28(22,25-7-3)26-8-4)10-12-9-13(18(19)20)11-17-15(12)16/h13,15,18H,6-12,14H2,1-5H3,(H,20,21);9,11,14H,5-8,10H2,1-4H3. The summed E-state index contributed by atoms with van der Waals surface area (Å²) in [6, 6.07) is 2.58. The van der Waals surface area contributed by atoms with Crippen molar-refractivity contribution in [2.24, 2.45) is 0 Å². The number of hydrogen-bond donors (Lipinski definition) is 1. The summed E-state index contributed by atoms with van der Waals surface area (Å²) < 4.78 is 98.3. The van der Waals surface area contributed by atoms with E-state index in [1.807, 2.05) is 6.92 Å². The molecule has 2 aromatic rings. The number of rotatable bonds is 30. The third-order valence-corrected chi connectivity index (χ3v) is 20.5. The highest BCUT2D eigenvalue weighted by molar-refractivity contribution is 9.10. The molecule has 21 nitrogen and oxygen atoms in total. The fourth-order valence-electron chi connectivity index (χ4n) is 5.48. The first-order valence-corrected chi connectivity index (χ1v) is 26.8. The summed E-state index contributed by atoms with van der Waals surface area (Å²) in [5.41, 5.74) is 0.144. The fourth-order valence-corrected chi connectivity index (χ4v) is 16.5. The van der Waals surface area contributed by atoms with Crippen molar-refractivity contribution in [2.75, 3.05) is 64.7 Å². The lowest BCUT2D eigenvalue weighted by Crippen LogP contribution is -2.21. The van der Waals surface area contributed by atoms with Gasteiger partial charge in [0.2, 0.25) is 0 Å². The average molecular weight is 999 g/mol. The summed E-state index contributed by atoms with van der Waals surface area (Å²) in [5, 5.41) is 22.9. The third-order valence-electron chi connectivity index (χ3n) is 7.83. The van der Waals surface area contributed by atoms with E-state index in [2.05, 4.69) is 31.2 Å².